The number of piperidine rings is 1. The SMILES string of the molecule is CCOC(=O)c1cc([N+](=O)[O-])ccc1N1CCC(C(=O)OC)CC1. The molecule has 1 saturated heterocycles. The van der Waals surface area contributed by atoms with Crippen LogP contribution in [-0.4, -0.2) is 43.7 Å². The molecular weight excluding hydrogens is 316 g/mol. The van der Waals surface area contributed by atoms with E-state index in [0.717, 1.165) is 0 Å². The highest BCUT2D eigenvalue weighted by molar-refractivity contribution is 5.96. The molecule has 0 spiro atoms. The van der Waals surface area contributed by atoms with Crippen LogP contribution in [0.1, 0.15) is 30.1 Å². The molecule has 0 aliphatic carbocycles. The van der Waals surface area contributed by atoms with Crippen LogP contribution in [0.3, 0.4) is 0 Å². The van der Waals surface area contributed by atoms with Crippen molar-refractivity contribution >= 4 is 23.3 Å². The van der Waals surface area contributed by atoms with Crippen LogP contribution < -0.4 is 4.90 Å². The van der Waals surface area contributed by atoms with Crippen molar-refractivity contribution in [2.75, 3.05) is 31.7 Å². The van der Waals surface area contributed by atoms with Crippen LogP contribution >= 0.6 is 0 Å². The summed E-state index contributed by atoms with van der Waals surface area (Å²) < 4.78 is 9.77. The van der Waals surface area contributed by atoms with E-state index in [1.807, 2.05) is 4.90 Å². The first kappa shape index (κ1) is 17.7. The van der Waals surface area contributed by atoms with Crippen molar-refractivity contribution in [2.45, 2.75) is 19.8 Å². The summed E-state index contributed by atoms with van der Waals surface area (Å²) >= 11 is 0. The molecule has 8 heteroatoms. The zero-order chi connectivity index (χ0) is 17.7. The quantitative estimate of drug-likeness (QED) is 0.461. The van der Waals surface area contributed by atoms with Crippen LogP contribution in [-0.2, 0) is 14.3 Å². The molecule has 0 N–H and O–H groups in total. The smallest absolute Gasteiger partial charge is 0.340 e. The minimum Gasteiger partial charge on any atom is -0.469 e. The molecule has 0 unspecified atom stereocenters. The van der Waals surface area contributed by atoms with Crippen LogP contribution in [0.5, 0.6) is 0 Å². The maximum Gasteiger partial charge on any atom is 0.340 e. The van der Waals surface area contributed by atoms with Gasteiger partial charge >= 0.3 is 11.9 Å². The van der Waals surface area contributed by atoms with Gasteiger partial charge in [-0.05, 0) is 25.8 Å². The van der Waals surface area contributed by atoms with E-state index < -0.39 is 10.9 Å². The normalized spacial score (nSPS) is 15.0. The fraction of sp³-hybridized carbons (Fsp3) is 0.500. The fourth-order valence-electron chi connectivity index (χ4n) is 2.81. The highest BCUT2D eigenvalue weighted by Crippen LogP contribution is 2.30. The molecule has 2 rings (SSSR count). The summed E-state index contributed by atoms with van der Waals surface area (Å²) in [7, 11) is 1.36. The van der Waals surface area contributed by atoms with Crippen molar-refractivity contribution in [3.63, 3.8) is 0 Å². The highest BCUT2D eigenvalue weighted by atomic mass is 16.6. The summed E-state index contributed by atoms with van der Waals surface area (Å²) in [6.07, 6.45) is 1.21. The van der Waals surface area contributed by atoms with Gasteiger partial charge in [0.1, 0.15) is 0 Å². The summed E-state index contributed by atoms with van der Waals surface area (Å²) in [5.74, 6) is -0.981. The molecule has 1 fully saturated rings. The summed E-state index contributed by atoms with van der Waals surface area (Å²) in [6.45, 7) is 2.98. The van der Waals surface area contributed by atoms with Gasteiger partial charge < -0.3 is 14.4 Å². The lowest BCUT2D eigenvalue weighted by Gasteiger charge is -2.33. The van der Waals surface area contributed by atoms with E-state index in [2.05, 4.69) is 0 Å². The van der Waals surface area contributed by atoms with E-state index in [-0.39, 0.29) is 29.7 Å². The number of methoxy groups -OCH3 is 1. The number of carbonyl (C=O) groups excluding carboxylic acids is 2. The first-order valence-corrected chi connectivity index (χ1v) is 7.76. The zero-order valence-electron chi connectivity index (χ0n) is 13.7. The number of hydrogen-bond acceptors (Lipinski definition) is 7. The highest BCUT2D eigenvalue weighted by Gasteiger charge is 2.28. The van der Waals surface area contributed by atoms with Crippen LogP contribution in [0.4, 0.5) is 11.4 Å². The Bertz CT molecular complexity index is 637. The Morgan fingerprint density at radius 2 is 2.00 bits per heavy atom. The third kappa shape index (κ3) is 3.81. The minimum atomic E-state index is -0.591. The third-order valence-corrected chi connectivity index (χ3v) is 4.06. The number of ether oxygens (including phenoxy) is 2. The lowest BCUT2D eigenvalue weighted by atomic mass is 9.96. The Morgan fingerprint density at radius 1 is 1.33 bits per heavy atom. The molecule has 0 radical (unpaired) electrons. The topological polar surface area (TPSA) is 99.0 Å². The van der Waals surface area contributed by atoms with Gasteiger partial charge in [0.05, 0.1) is 35.8 Å². The van der Waals surface area contributed by atoms with E-state index >= 15 is 0 Å². The van der Waals surface area contributed by atoms with Gasteiger partial charge in [-0.3, -0.25) is 14.9 Å². The molecule has 1 heterocycles. The molecule has 0 aromatic heterocycles. The average molecular weight is 336 g/mol. The van der Waals surface area contributed by atoms with Gasteiger partial charge in [0.2, 0.25) is 0 Å². The number of hydrogen-bond donors (Lipinski definition) is 0. The second kappa shape index (κ2) is 7.76. The van der Waals surface area contributed by atoms with Crippen LogP contribution in [0.25, 0.3) is 0 Å². The minimum absolute atomic E-state index is 0.157. The van der Waals surface area contributed by atoms with Gasteiger partial charge in [-0.1, -0.05) is 0 Å². The fourth-order valence-corrected chi connectivity index (χ4v) is 2.81. The number of rotatable bonds is 5. The summed E-state index contributed by atoms with van der Waals surface area (Å²) in [4.78, 5) is 36.1. The summed E-state index contributed by atoms with van der Waals surface area (Å²) in [6, 6.07) is 4.16. The zero-order valence-corrected chi connectivity index (χ0v) is 13.7. The van der Waals surface area contributed by atoms with Crippen molar-refractivity contribution in [3.05, 3.63) is 33.9 Å². The number of nitrogens with zero attached hydrogens (tertiary/aromatic N) is 2. The van der Waals surface area contributed by atoms with E-state index in [0.29, 0.717) is 31.6 Å². The Hall–Kier alpha value is -2.64. The van der Waals surface area contributed by atoms with Crippen molar-refractivity contribution in [1.29, 1.82) is 0 Å². The number of nitro benzene ring substituents is 1. The molecule has 0 saturated carbocycles. The van der Waals surface area contributed by atoms with E-state index in [1.54, 1.807) is 13.0 Å². The van der Waals surface area contributed by atoms with Gasteiger partial charge in [-0.15, -0.1) is 0 Å². The monoisotopic (exact) mass is 336 g/mol. The molecule has 8 nitrogen and oxygen atoms in total. The standard InChI is InChI=1S/C16H20N2O6/c1-3-24-16(20)13-10-12(18(21)22)4-5-14(13)17-8-6-11(7-9-17)15(19)23-2/h4-5,10-11H,3,6-9H2,1-2H3. The number of nitro groups is 1. The predicted molar refractivity (Wildman–Crippen MR) is 86.0 cm³/mol. The molecule has 1 aliphatic rings. The Labute approximate surface area is 139 Å². The molecule has 1 aromatic carbocycles. The molecule has 0 bridgehead atoms. The maximum absolute atomic E-state index is 12.2. The summed E-state index contributed by atoms with van der Waals surface area (Å²) in [5, 5.41) is 11.0. The maximum atomic E-state index is 12.2. The molecule has 1 aliphatic heterocycles. The molecular formula is C16H20N2O6. The predicted octanol–water partition coefficient (Wildman–Crippen LogP) is 2.16. The van der Waals surface area contributed by atoms with Crippen molar-refractivity contribution in [1.82, 2.24) is 0 Å². The van der Waals surface area contributed by atoms with Gasteiger partial charge in [-0.25, -0.2) is 4.79 Å². The molecule has 130 valence electrons. The van der Waals surface area contributed by atoms with Crippen molar-refractivity contribution in [3.8, 4) is 0 Å². The van der Waals surface area contributed by atoms with Gasteiger partial charge in [0.25, 0.3) is 5.69 Å². The van der Waals surface area contributed by atoms with Crippen molar-refractivity contribution < 1.29 is 24.0 Å². The molecule has 0 atom stereocenters. The van der Waals surface area contributed by atoms with E-state index in [9.17, 15) is 19.7 Å². The molecule has 1 aromatic rings. The van der Waals surface area contributed by atoms with Gasteiger partial charge in [0.15, 0.2) is 0 Å². The average Bonchev–Trinajstić information content (AvgIpc) is 2.60. The van der Waals surface area contributed by atoms with Gasteiger partial charge in [0, 0.05) is 25.2 Å². The lowest BCUT2D eigenvalue weighted by molar-refractivity contribution is -0.384. The Balaban J connectivity index is 2.25. The second-order valence-corrected chi connectivity index (χ2v) is 5.46. The van der Waals surface area contributed by atoms with Crippen molar-refractivity contribution in [2.24, 2.45) is 5.92 Å². The Morgan fingerprint density at radius 3 is 2.54 bits per heavy atom. The molecule has 24 heavy (non-hydrogen) atoms. The Kier molecular flexibility index (Phi) is 5.73. The number of esters is 2. The van der Waals surface area contributed by atoms with E-state index in [4.69, 9.17) is 9.47 Å². The van der Waals surface area contributed by atoms with Gasteiger partial charge in [-0.2, -0.15) is 0 Å². The largest absolute Gasteiger partial charge is 0.469 e. The third-order valence-electron chi connectivity index (χ3n) is 4.06. The van der Waals surface area contributed by atoms with E-state index in [1.165, 1.54) is 19.2 Å². The number of benzene rings is 1. The van der Waals surface area contributed by atoms with Crippen LogP contribution in [0, 0.1) is 16.0 Å². The number of carbonyl (C=O) groups is 2. The summed E-state index contributed by atoms with van der Waals surface area (Å²) in [5.41, 5.74) is 0.594. The van der Waals surface area contributed by atoms with Crippen LogP contribution in [0.15, 0.2) is 18.2 Å². The first-order valence-electron chi connectivity index (χ1n) is 7.76. The number of anilines is 1. The number of non-ortho nitro benzene ring substituents is 1. The first-order chi connectivity index (χ1) is 11.5. The van der Waals surface area contributed by atoms with Crippen LogP contribution in [0.2, 0.25) is 0 Å². The molecule has 0 amide bonds. The lowest BCUT2D eigenvalue weighted by Crippen LogP contribution is -2.37. The second-order valence-electron chi connectivity index (χ2n) is 5.46.